The molecule has 4 rings (SSSR count). The summed E-state index contributed by atoms with van der Waals surface area (Å²) in [5, 5.41) is 0. The topological polar surface area (TPSA) is 0 Å². The molecular weight excluding hydrogens is 513 g/mol. The molecule has 0 heterocycles. The molecule has 0 aliphatic heterocycles. The molecule has 0 amide bonds. The first-order chi connectivity index (χ1) is 20.0. The Bertz CT molecular complexity index is 1320. The van der Waals surface area contributed by atoms with Crippen LogP contribution in [0.4, 0.5) is 13.2 Å². The molecule has 0 radical (unpaired) electrons. The highest BCUT2D eigenvalue weighted by Crippen LogP contribution is 2.35. The Hall–Kier alpha value is -3.07. The lowest BCUT2D eigenvalue weighted by molar-refractivity contribution is 0.453. The predicted octanol–water partition coefficient (Wildman–Crippen LogP) is 12.3. The predicted molar refractivity (Wildman–Crippen MR) is 168 cm³/mol. The zero-order valence-corrected chi connectivity index (χ0v) is 24.8. The van der Waals surface area contributed by atoms with Crippen molar-refractivity contribution in [3.63, 3.8) is 0 Å². The maximum atomic E-state index is 15.2. The molecule has 1 aliphatic rings. The minimum atomic E-state index is -0.793. The van der Waals surface area contributed by atoms with Gasteiger partial charge in [-0.2, -0.15) is 0 Å². The van der Waals surface area contributed by atoms with Crippen molar-refractivity contribution >= 4 is 5.57 Å². The number of hydrogen-bond acceptors (Lipinski definition) is 0. The summed E-state index contributed by atoms with van der Waals surface area (Å²) in [5.41, 5.74) is 4.72. The third-order valence-corrected chi connectivity index (χ3v) is 8.55. The van der Waals surface area contributed by atoms with Crippen LogP contribution < -0.4 is 0 Å². The van der Waals surface area contributed by atoms with E-state index in [2.05, 4.69) is 32.1 Å². The third-order valence-electron chi connectivity index (χ3n) is 8.55. The molecule has 0 nitrogen and oxygen atoms in total. The van der Waals surface area contributed by atoms with Crippen LogP contribution in [0.15, 0.2) is 72.8 Å². The minimum absolute atomic E-state index is 0.213. The number of hydrogen-bond donors (Lipinski definition) is 0. The molecule has 1 unspecified atom stereocenters. The summed E-state index contributed by atoms with van der Waals surface area (Å²) in [5.74, 6) is -1.07. The lowest BCUT2D eigenvalue weighted by Gasteiger charge is -2.22. The Morgan fingerprint density at radius 2 is 1.44 bits per heavy atom. The second-order valence-electron chi connectivity index (χ2n) is 11.6. The molecule has 1 aliphatic carbocycles. The van der Waals surface area contributed by atoms with E-state index in [1.165, 1.54) is 32.1 Å². The Kier molecular flexibility index (Phi) is 11.9. The molecule has 0 aromatic heterocycles. The normalized spacial score (nSPS) is 15.4. The number of halogens is 3. The van der Waals surface area contributed by atoms with E-state index in [-0.39, 0.29) is 11.4 Å². The molecule has 0 N–H and O–H groups in total. The zero-order chi connectivity index (χ0) is 29.0. The Morgan fingerprint density at radius 3 is 2.12 bits per heavy atom. The highest BCUT2D eigenvalue weighted by molar-refractivity contribution is 5.74. The summed E-state index contributed by atoms with van der Waals surface area (Å²) in [6, 6.07) is 16.1. The first kappa shape index (κ1) is 30.9. The van der Waals surface area contributed by atoms with E-state index in [9.17, 15) is 4.39 Å². The van der Waals surface area contributed by atoms with Crippen LogP contribution in [0.1, 0.15) is 102 Å². The molecule has 3 aromatic rings. The monoisotopic (exact) mass is 558 g/mol. The second-order valence-corrected chi connectivity index (χ2v) is 11.6. The fourth-order valence-electron chi connectivity index (χ4n) is 5.97. The van der Waals surface area contributed by atoms with Crippen molar-refractivity contribution in [2.45, 2.75) is 97.3 Å². The van der Waals surface area contributed by atoms with Crippen molar-refractivity contribution in [1.29, 1.82) is 0 Å². The molecule has 3 aromatic carbocycles. The van der Waals surface area contributed by atoms with Gasteiger partial charge in [-0.25, -0.2) is 13.2 Å². The lowest BCUT2D eigenvalue weighted by Crippen LogP contribution is -2.06. The quantitative estimate of drug-likeness (QED) is 0.136. The number of allylic oxidation sites excluding steroid dienone is 4. The molecule has 3 heteroatoms. The second kappa shape index (κ2) is 15.8. The first-order valence-corrected chi connectivity index (χ1v) is 15.7. The average Bonchev–Trinajstić information content (AvgIpc) is 2.99. The van der Waals surface area contributed by atoms with Gasteiger partial charge in [0, 0.05) is 11.1 Å². The summed E-state index contributed by atoms with van der Waals surface area (Å²) in [6.45, 7) is 4.25. The fourth-order valence-corrected chi connectivity index (χ4v) is 5.97. The maximum absolute atomic E-state index is 15.2. The molecule has 41 heavy (non-hydrogen) atoms. The Labute approximate surface area is 245 Å². The summed E-state index contributed by atoms with van der Waals surface area (Å²) >= 11 is 0. The molecule has 0 bridgehead atoms. The molecule has 0 spiro atoms. The number of aryl methyl sites for hydroxylation is 1. The van der Waals surface area contributed by atoms with Crippen LogP contribution >= 0.6 is 0 Å². The molecule has 0 saturated heterocycles. The summed E-state index contributed by atoms with van der Waals surface area (Å²) in [7, 11) is 0. The van der Waals surface area contributed by atoms with Gasteiger partial charge < -0.3 is 0 Å². The Morgan fingerprint density at radius 1 is 0.756 bits per heavy atom. The summed E-state index contributed by atoms with van der Waals surface area (Å²) < 4.78 is 45.1. The van der Waals surface area contributed by atoms with Gasteiger partial charge in [-0.3, -0.25) is 0 Å². The molecule has 0 saturated carbocycles. The number of rotatable bonds is 14. The van der Waals surface area contributed by atoms with Crippen LogP contribution in [0, 0.1) is 23.4 Å². The Balaban J connectivity index is 1.38. The molecular formula is C38H45F3. The maximum Gasteiger partial charge on any atom is 0.166 e. The van der Waals surface area contributed by atoms with E-state index < -0.39 is 11.6 Å². The first-order valence-electron chi connectivity index (χ1n) is 15.7. The van der Waals surface area contributed by atoms with Gasteiger partial charge in [-0.05, 0) is 91.7 Å². The van der Waals surface area contributed by atoms with Gasteiger partial charge in [0.05, 0.1) is 0 Å². The van der Waals surface area contributed by atoms with Gasteiger partial charge in [0.25, 0.3) is 0 Å². The van der Waals surface area contributed by atoms with E-state index >= 15 is 8.78 Å². The van der Waals surface area contributed by atoms with Crippen molar-refractivity contribution in [2.75, 3.05) is 0 Å². The highest BCUT2D eigenvalue weighted by Gasteiger charge is 2.18. The van der Waals surface area contributed by atoms with Gasteiger partial charge in [-0.15, -0.1) is 0 Å². The van der Waals surface area contributed by atoms with Crippen LogP contribution in [-0.2, 0) is 6.42 Å². The lowest BCUT2D eigenvalue weighted by atomic mass is 9.84. The van der Waals surface area contributed by atoms with E-state index in [1.54, 1.807) is 30.3 Å². The summed E-state index contributed by atoms with van der Waals surface area (Å²) in [6.07, 6.45) is 20.4. The number of unbranched alkanes of at least 4 members (excludes halogenated alkanes) is 6. The van der Waals surface area contributed by atoms with E-state index in [0.29, 0.717) is 29.0 Å². The smallest absolute Gasteiger partial charge is 0.166 e. The van der Waals surface area contributed by atoms with Gasteiger partial charge >= 0.3 is 0 Å². The van der Waals surface area contributed by atoms with Gasteiger partial charge in [0.1, 0.15) is 5.82 Å². The number of benzene rings is 3. The van der Waals surface area contributed by atoms with Crippen molar-refractivity contribution in [3.8, 4) is 22.3 Å². The van der Waals surface area contributed by atoms with Crippen molar-refractivity contribution in [3.05, 3.63) is 101 Å². The standard InChI is InChI=1S/C38H45F3/c1-3-5-7-8-9-10-12-14-32-23-26-35(38(41)37(32)40)31-21-19-29(20-22-31)33-24-25-34(36(39)27-33)30-17-15-28(16-18-30)13-11-6-4-2/h4,6,17,19-28H,3,5,7-16,18H2,1-2H3. The van der Waals surface area contributed by atoms with Crippen LogP contribution in [0.5, 0.6) is 0 Å². The van der Waals surface area contributed by atoms with Crippen LogP contribution in [0.3, 0.4) is 0 Å². The van der Waals surface area contributed by atoms with Crippen LogP contribution in [-0.4, -0.2) is 0 Å². The van der Waals surface area contributed by atoms with Crippen molar-refractivity contribution in [2.24, 2.45) is 5.92 Å². The SMILES string of the molecule is CC=CCCC1CC=C(c2ccc(-c3ccc(-c4ccc(CCCCCCCCC)c(F)c4F)cc3)cc2F)CC1. The molecule has 0 fully saturated rings. The average molecular weight is 559 g/mol. The third kappa shape index (κ3) is 8.47. The minimum Gasteiger partial charge on any atom is -0.206 e. The molecule has 218 valence electrons. The van der Waals surface area contributed by atoms with Crippen LogP contribution in [0.25, 0.3) is 27.8 Å². The van der Waals surface area contributed by atoms with Gasteiger partial charge in [-0.1, -0.05) is 112 Å². The van der Waals surface area contributed by atoms with E-state index in [4.69, 9.17) is 0 Å². The van der Waals surface area contributed by atoms with Gasteiger partial charge in [0.2, 0.25) is 0 Å². The highest BCUT2D eigenvalue weighted by atomic mass is 19.2. The van der Waals surface area contributed by atoms with Crippen molar-refractivity contribution < 1.29 is 13.2 Å². The fraction of sp³-hybridized carbons (Fsp3) is 0.421. The largest absolute Gasteiger partial charge is 0.206 e. The zero-order valence-electron chi connectivity index (χ0n) is 24.8. The van der Waals surface area contributed by atoms with E-state index in [1.807, 2.05) is 24.3 Å². The van der Waals surface area contributed by atoms with Crippen LogP contribution in [0.2, 0.25) is 0 Å². The van der Waals surface area contributed by atoms with Gasteiger partial charge in [0.15, 0.2) is 11.6 Å². The molecule has 1 atom stereocenters. The summed E-state index contributed by atoms with van der Waals surface area (Å²) in [4.78, 5) is 0. The van der Waals surface area contributed by atoms with Crippen molar-refractivity contribution in [1.82, 2.24) is 0 Å². The van der Waals surface area contributed by atoms with E-state index in [0.717, 1.165) is 61.6 Å².